The van der Waals surface area contributed by atoms with E-state index in [2.05, 4.69) is 15.3 Å². The zero-order valence-electron chi connectivity index (χ0n) is 14.3. The summed E-state index contributed by atoms with van der Waals surface area (Å²) in [4.78, 5) is 20.5. The largest absolute Gasteiger partial charge is 0.333 e. The van der Waals surface area contributed by atoms with Crippen molar-refractivity contribution in [2.24, 2.45) is 0 Å². The SMILES string of the molecule is O=C(Nc1ccc(F)cc1)c1ccccc1CSc1nc2ccccc2[nH]1. The van der Waals surface area contributed by atoms with Crippen LogP contribution in [0.5, 0.6) is 0 Å². The number of carbonyl (C=O) groups excluding carboxylic acids is 1. The Hall–Kier alpha value is -3.12. The zero-order valence-corrected chi connectivity index (χ0v) is 15.1. The Balaban J connectivity index is 1.50. The second-order valence-corrected chi connectivity index (χ2v) is 6.93. The summed E-state index contributed by atoms with van der Waals surface area (Å²) in [7, 11) is 0. The molecule has 3 aromatic carbocycles. The number of anilines is 1. The zero-order chi connectivity index (χ0) is 18.6. The third-order valence-electron chi connectivity index (χ3n) is 4.10. The highest BCUT2D eigenvalue weighted by molar-refractivity contribution is 7.98. The Bertz CT molecular complexity index is 1060. The molecule has 0 aliphatic rings. The Kier molecular flexibility index (Phi) is 4.89. The van der Waals surface area contributed by atoms with Gasteiger partial charge in [-0.05, 0) is 48.0 Å². The first-order chi connectivity index (χ1) is 13.2. The monoisotopic (exact) mass is 377 g/mol. The van der Waals surface area contributed by atoms with Gasteiger partial charge in [-0.15, -0.1) is 0 Å². The van der Waals surface area contributed by atoms with E-state index in [9.17, 15) is 9.18 Å². The van der Waals surface area contributed by atoms with Crippen LogP contribution >= 0.6 is 11.8 Å². The molecule has 0 radical (unpaired) electrons. The molecule has 1 amide bonds. The van der Waals surface area contributed by atoms with Crippen molar-refractivity contribution < 1.29 is 9.18 Å². The molecule has 0 spiro atoms. The summed E-state index contributed by atoms with van der Waals surface area (Å²) < 4.78 is 13.0. The second kappa shape index (κ2) is 7.63. The van der Waals surface area contributed by atoms with Crippen LogP contribution in [0.25, 0.3) is 11.0 Å². The van der Waals surface area contributed by atoms with E-state index in [0.29, 0.717) is 17.0 Å². The summed E-state index contributed by atoms with van der Waals surface area (Å²) in [6.07, 6.45) is 0. The molecule has 134 valence electrons. The number of nitrogens with one attached hydrogen (secondary N) is 2. The highest BCUT2D eigenvalue weighted by Crippen LogP contribution is 2.25. The number of aromatic amines is 1. The van der Waals surface area contributed by atoms with Gasteiger partial charge >= 0.3 is 0 Å². The maximum absolute atomic E-state index is 13.0. The van der Waals surface area contributed by atoms with Crippen LogP contribution in [0.15, 0.2) is 78.0 Å². The molecule has 0 saturated heterocycles. The van der Waals surface area contributed by atoms with Gasteiger partial charge in [0.05, 0.1) is 11.0 Å². The summed E-state index contributed by atoms with van der Waals surface area (Å²) in [5.41, 5.74) is 3.96. The highest BCUT2D eigenvalue weighted by atomic mass is 32.2. The summed E-state index contributed by atoms with van der Waals surface area (Å²) in [5.74, 6) is 0.0466. The number of fused-ring (bicyclic) bond motifs is 1. The lowest BCUT2D eigenvalue weighted by Crippen LogP contribution is -2.14. The number of H-pyrrole nitrogens is 1. The van der Waals surface area contributed by atoms with Crippen LogP contribution < -0.4 is 5.32 Å². The van der Waals surface area contributed by atoms with Crippen LogP contribution in [-0.2, 0) is 5.75 Å². The van der Waals surface area contributed by atoms with Crippen LogP contribution in [0.1, 0.15) is 15.9 Å². The van der Waals surface area contributed by atoms with E-state index in [1.54, 1.807) is 30.0 Å². The fourth-order valence-corrected chi connectivity index (χ4v) is 3.63. The topological polar surface area (TPSA) is 57.8 Å². The molecule has 0 unspecified atom stereocenters. The number of halogens is 1. The number of rotatable bonds is 5. The van der Waals surface area contributed by atoms with E-state index in [1.807, 2.05) is 42.5 Å². The van der Waals surface area contributed by atoms with E-state index < -0.39 is 0 Å². The normalized spacial score (nSPS) is 10.9. The molecule has 4 aromatic rings. The van der Waals surface area contributed by atoms with E-state index in [4.69, 9.17) is 0 Å². The van der Waals surface area contributed by atoms with Crippen molar-refractivity contribution >= 4 is 34.4 Å². The molecular weight excluding hydrogens is 361 g/mol. The van der Waals surface area contributed by atoms with Crippen molar-refractivity contribution in [3.05, 3.63) is 89.7 Å². The van der Waals surface area contributed by atoms with Gasteiger partial charge in [-0.25, -0.2) is 9.37 Å². The number of para-hydroxylation sites is 2. The third kappa shape index (κ3) is 4.01. The predicted octanol–water partition coefficient (Wildman–Crippen LogP) is 5.25. The third-order valence-corrected chi connectivity index (χ3v) is 5.02. The lowest BCUT2D eigenvalue weighted by atomic mass is 10.1. The Morgan fingerprint density at radius 3 is 2.56 bits per heavy atom. The van der Waals surface area contributed by atoms with Gasteiger partial charge in [0.1, 0.15) is 5.82 Å². The molecule has 6 heteroatoms. The molecule has 2 N–H and O–H groups in total. The smallest absolute Gasteiger partial charge is 0.255 e. The molecule has 0 atom stereocenters. The van der Waals surface area contributed by atoms with Gasteiger partial charge in [0.25, 0.3) is 5.91 Å². The first-order valence-corrected chi connectivity index (χ1v) is 9.40. The number of benzene rings is 3. The molecule has 0 bridgehead atoms. The Morgan fingerprint density at radius 1 is 1.00 bits per heavy atom. The molecule has 0 aliphatic heterocycles. The summed E-state index contributed by atoms with van der Waals surface area (Å²) in [5, 5.41) is 3.62. The van der Waals surface area contributed by atoms with Crippen LogP contribution in [0.3, 0.4) is 0 Å². The quantitative estimate of drug-likeness (QED) is 0.467. The van der Waals surface area contributed by atoms with E-state index in [1.165, 1.54) is 12.1 Å². The minimum Gasteiger partial charge on any atom is -0.333 e. The van der Waals surface area contributed by atoms with Crippen LogP contribution in [-0.4, -0.2) is 15.9 Å². The summed E-state index contributed by atoms with van der Waals surface area (Å²) in [6.45, 7) is 0. The molecule has 4 rings (SSSR count). The first-order valence-electron chi connectivity index (χ1n) is 8.41. The maximum atomic E-state index is 13.0. The van der Waals surface area contributed by atoms with E-state index >= 15 is 0 Å². The minimum atomic E-state index is -0.337. The number of amides is 1. The number of hydrogen-bond acceptors (Lipinski definition) is 3. The van der Waals surface area contributed by atoms with Gasteiger partial charge in [-0.3, -0.25) is 4.79 Å². The van der Waals surface area contributed by atoms with Crippen molar-refractivity contribution in [2.45, 2.75) is 10.9 Å². The van der Waals surface area contributed by atoms with Gasteiger partial charge < -0.3 is 10.3 Å². The van der Waals surface area contributed by atoms with Crippen molar-refractivity contribution in [3.8, 4) is 0 Å². The van der Waals surface area contributed by atoms with Crippen LogP contribution in [0.2, 0.25) is 0 Å². The lowest BCUT2D eigenvalue weighted by Gasteiger charge is -2.09. The van der Waals surface area contributed by atoms with Crippen LogP contribution in [0, 0.1) is 5.82 Å². The summed E-state index contributed by atoms with van der Waals surface area (Å²) in [6, 6.07) is 21.0. The molecule has 4 nitrogen and oxygen atoms in total. The number of thioether (sulfide) groups is 1. The van der Waals surface area contributed by atoms with Crippen LogP contribution in [0.4, 0.5) is 10.1 Å². The molecule has 1 heterocycles. The molecule has 0 saturated carbocycles. The number of carbonyl (C=O) groups is 1. The fourth-order valence-electron chi connectivity index (χ4n) is 2.74. The lowest BCUT2D eigenvalue weighted by molar-refractivity contribution is 0.102. The van der Waals surface area contributed by atoms with Gasteiger partial charge in [0.15, 0.2) is 5.16 Å². The fraction of sp³-hybridized carbons (Fsp3) is 0.0476. The standard InChI is InChI=1S/C21H16FN3OS/c22-15-9-11-16(12-10-15)23-20(26)17-6-2-1-5-14(17)13-27-21-24-18-7-3-4-8-19(18)25-21/h1-12H,13H2,(H,23,26)(H,24,25). The van der Waals surface area contributed by atoms with Crippen molar-refractivity contribution in [3.63, 3.8) is 0 Å². The van der Waals surface area contributed by atoms with E-state index in [0.717, 1.165) is 21.8 Å². The Morgan fingerprint density at radius 2 is 1.74 bits per heavy atom. The minimum absolute atomic E-state index is 0.220. The van der Waals surface area contributed by atoms with Crippen molar-refractivity contribution in [1.82, 2.24) is 9.97 Å². The number of imidazole rings is 1. The van der Waals surface area contributed by atoms with Gasteiger partial charge in [0.2, 0.25) is 0 Å². The predicted molar refractivity (Wildman–Crippen MR) is 106 cm³/mol. The van der Waals surface area contributed by atoms with E-state index in [-0.39, 0.29) is 11.7 Å². The average Bonchev–Trinajstić information content (AvgIpc) is 3.11. The molecule has 0 fully saturated rings. The summed E-state index contributed by atoms with van der Waals surface area (Å²) >= 11 is 1.54. The second-order valence-electron chi connectivity index (χ2n) is 5.97. The Labute approximate surface area is 159 Å². The maximum Gasteiger partial charge on any atom is 0.255 e. The molecule has 1 aromatic heterocycles. The average molecular weight is 377 g/mol. The molecule has 27 heavy (non-hydrogen) atoms. The number of nitrogens with zero attached hydrogens (tertiary/aromatic N) is 1. The number of hydrogen-bond donors (Lipinski definition) is 2. The van der Waals surface area contributed by atoms with Crippen molar-refractivity contribution in [1.29, 1.82) is 0 Å². The first kappa shape index (κ1) is 17.3. The highest BCUT2D eigenvalue weighted by Gasteiger charge is 2.12. The molecule has 0 aliphatic carbocycles. The van der Waals surface area contributed by atoms with Gasteiger partial charge in [-0.2, -0.15) is 0 Å². The van der Waals surface area contributed by atoms with Crippen molar-refractivity contribution in [2.75, 3.05) is 5.32 Å². The van der Waals surface area contributed by atoms with Gasteiger partial charge in [-0.1, -0.05) is 42.1 Å². The number of aromatic nitrogens is 2. The molecular formula is C21H16FN3OS. The van der Waals surface area contributed by atoms with Gasteiger partial charge in [0, 0.05) is 17.0 Å².